The van der Waals surface area contributed by atoms with Crippen molar-refractivity contribution in [1.29, 1.82) is 0 Å². The van der Waals surface area contributed by atoms with Crippen LogP contribution in [0.15, 0.2) is 78.9 Å². The fourth-order valence-electron chi connectivity index (χ4n) is 3.74. The van der Waals surface area contributed by atoms with Gasteiger partial charge in [-0.25, -0.2) is 0 Å². The molecule has 0 heterocycles. The second-order valence-electron chi connectivity index (χ2n) is 6.85. The van der Waals surface area contributed by atoms with E-state index in [9.17, 15) is 9.59 Å². The van der Waals surface area contributed by atoms with Gasteiger partial charge in [-0.2, -0.15) is 0 Å². The maximum Gasteiger partial charge on any atom is 0.324 e. The van der Waals surface area contributed by atoms with E-state index < -0.39 is 17.4 Å². The van der Waals surface area contributed by atoms with Crippen molar-refractivity contribution in [3.8, 4) is 11.1 Å². The van der Waals surface area contributed by atoms with Crippen molar-refractivity contribution in [3.05, 3.63) is 84.5 Å². The molecule has 0 bridgehead atoms. The molecule has 0 fully saturated rings. The lowest BCUT2D eigenvalue weighted by atomic mass is 9.68. The molecule has 0 amide bonds. The largest absolute Gasteiger partial charge is 0.468 e. The Morgan fingerprint density at radius 1 is 0.893 bits per heavy atom. The topological polar surface area (TPSA) is 52.6 Å². The molecule has 1 aliphatic carbocycles. The highest BCUT2D eigenvalue weighted by molar-refractivity contribution is 6.01. The van der Waals surface area contributed by atoms with Crippen LogP contribution in [0.4, 0.5) is 0 Å². The van der Waals surface area contributed by atoms with Crippen molar-refractivity contribution in [2.45, 2.75) is 12.8 Å². The Kier molecular flexibility index (Phi) is 6.09. The van der Waals surface area contributed by atoms with Gasteiger partial charge >= 0.3 is 11.9 Å². The van der Waals surface area contributed by atoms with E-state index in [1.807, 2.05) is 78.9 Å². The van der Waals surface area contributed by atoms with E-state index in [-0.39, 0.29) is 12.3 Å². The monoisotopic (exact) mass is 376 g/mol. The number of carbonyl (C=O) groups excluding carboxylic acids is 2. The summed E-state index contributed by atoms with van der Waals surface area (Å²) in [6.07, 6.45) is 8.38. The zero-order valence-corrected chi connectivity index (χ0v) is 16.1. The molecule has 2 aromatic carbocycles. The van der Waals surface area contributed by atoms with Crippen molar-refractivity contribution < 1.29 is 19.1 Å². The molecular weight excluding hydrogens is 352 g/mol. The van der Waals surface area contributed by atoms with Crippen LogP contribution in [-0.4, -0.2) is 26.2 Å². The van der Waals surface area contributed by atoms with E-state index in [0.29, 0.717) is 6.42 Å². The van der Waals surface area contributed by atoms with Crippen LogP contribution in [0.2, 0.25) is 0 Å². The molecule has 3 rings (SSSR count). The second kappa shape index (κ2) is 8.70. The van der Waals surface area contributed by atoms with Gasteiger partial charge in [-0.15, -0.1) is 0 Å². The van der Waals surface area contributed by atoms with E-state index in [2.05, 4.69) is 0 Å². The summed E-state index contributed by atoms with van der Waals surface area (Å²) in [7, 11) is 2.61. The average molecular weight is 376 g/mol. The summed E-state index contributed by atoms with van der Waals surface area (Å²) < 4.78 is 10.1. The smallest absolute Gasteiger partial charge is 0.324 e. The van der Waals surface area contributed by atoms with Gasteiger partial charge in [0.25, 0.3) is 0 Å². The molecule has 1 unspecified atom stereocenters. The Labute approximate surface area is 165 Å². The first-order chi connectivity index (χ1) is 13.6. The van der Waals surface area contributed by atoms with Gasteiger partial charge < -0.3 is 9.47 Å². The molecule has 0 N–H and O–H groups in total. The Morgan fingerprint density at radius 3 is 2.04 bits per heavy atom. The van der Waals surface area contributed by atoms with Crippen molar-refractivity contribution in [2.75, 3.05) is 14.2 Å². The van der Waals surface area contributed by atoms with Crippen LogP contribution in [0.5, 0.6) is 0 Å². The second-order valence-corrected chi connectivity index (χ2v) is 6.85. The molecule has 0 aromatic heterocycles. The third-order valence-corrected chi connectivity index (χ3v) is 5.26. The standard InChI is InChI=1S/C24H24O4/c1-27-22(25)24(23(26)28-2,21-11-7-4-8-12-21)17-18-13-15-20(16-14-18)19-9-5-3-6-10-19/h3-11,13-16,21H,12,17H2,1-2H3. The number of methoxy groups -OCH3 is 2. The lowest BCUT2D eigenvalue weighted by Gasteiger charge is -2.34. The van der Waals surface area contributed by atoms with Crippen LogP contribution in [-0.2, 0) is 25.5 Å². The maximum atomic E-state index is 12.8. The van der Waals surface area contributed by atoms with Crippen LogP contribution in [0, 0.1) is 11.3 Å². The molecule has 1 atom stereocenters. The van der Waals surface area contributed by atoms with Gasteiger partial charge in [-0.3, -0.25) is 9.59 Å². The van der Waals surface area contributed by atoms with Gasteiger partial charge in [0.1, 0.15) is 0 Å². The molecule has 0 saturated carbocycles. The Hall–Kier alpha value is -3.14. The molecule has 144 valence electrons. The van der Waals surface area contributed by atoms with Crippen LogP contribution >= 0.6 is 0 Å². The number of esters is 2. The normalized spacial score (nSPS) is 15.9. The minimum absolute atomic E-state index is 0.213. The number of carbonyl (C=O) groups is 2. The quantitative estimate of drug-likeness (QED) is 0.555. The van der Waals surface area contributed by atoms with Crippen molar-refractivity contribution in [2.24, 2.45) is 11.3 Å². The first kappa shape index (κ1) is 19.6. The van der Waals surface area contributed by atoms with Crippen LogP contribution < -0.4 is 0 Å². The van der Waals surface area contributed by atoms with Crippen LogP contribution in [0.1, 0.15) is 12.0 Å². The number of hydrogen-bond donors (Lipinski definition) is 0. The molecule has 0 saturated heterocycles. The molecule has 0 aliphatic heterocycles. The number of ether oxygens (including phenoxy) is 2. The third kappa shape index (κ3) is 3.77. The summed E-state index contributed by atoms with van der Waals surface area (Å²) in [5, 5.41) is 0. The van der Waals surface area contributed by atoms with Gasteiger partial charge in [0.05, 0.1) is 14.2 Å². The number of rotatable bonds is 6. The van der Waals surface area contributed by atoms with E-state index in [1.54, 1.807) is 0 Å². The molecule has 0 spiro atoms. The van der Waals surface area contributed by atoms with E-state index in [0.717, 1.165) is 16.7 Å². The van der Waals surface area contributed by atoms with Crippen molar-refractivity contribution in [3.63, 3.8) is 0 Å². The van der Waals surface area contributed by atoms with Gasteiger partial charge in [-0.05, 0) is 29.5 Å². The Morgan fingerprint density at radius 2 is 1.50 bits per heavy atom. The number of allylic oxidation sites excluding steroid dienone is 4. The van der Waals surface area contributed by atoms with E-state index in [1.165, 1.54) is 14.2 Å². The van der Waals surface area contributed by atoms with Gasteiger partial charge in [-0.1, -0.05) is 78.9 Å². The van der Waals surface area contributed by atoms with Gasteiger partial charge in [0.15, 0.2) is 5.41 Å². The first-order valence-corrected chi connectivity index (χ1v) is 9.26. The van der Waals surface area contributed by atoms with Crippen molar-refractivity contribution in [1.82, 2.24) is 0 Å². The predicted octanol–water partition coefficient (Wildman–Crippen LogP) is 4.36. The van der Waals surface area contributed by atoms with E-state index in [4.69, 9.17) is 9.47 Å². The molecular formula is C24H24O4. The summed E-state index contributed by atoms with van der Waals surface area (Å²) in [5.41, 5.74) is 1.64. The highest BCUT2D eigenvalue weighted by Crippen LogP contribution is 2.40. The number of hydrogen-bond acceptors (Lipinski definition) is 4. The SMILES string of the molecule is COC(=O)C(Cc1ccc(-c2ccccc2)cc1)(C(=O)OC)C1C=CC=CC1. The fourth-order valence-corrected chi connectivity index (χ4v) is 3.74. The highest BCUT2D eigenvalue weighted by Gasteiger charge is 2.53. The zero-order chi connectivity index (χ0) is 20.0. The highest BCUT2D eigenvalue weighted by atomic mass is 16.5. The summed E-state index contributed by atoms with van der Waals surface area (Å²) in [6.45, 7) is 0. The minimum atomic E-state index is -1.42. The maximum absolute atomic E-state index is 12.8. The van der Waals surface area contributed by atoms with Gasteiger partial charge in [0.2, 0.25) is 0 Å². The predicted molar refractivity (Wildman–Crippen MR) is 108 cm³/mol. The summed E-state index contributed by atoms with van der Waals surface area (Å²) in [6, 6.07) is 17.9. The minimum Gasteiger partial charge on any atom is -0.468 e. The van der Waals surface area contributed by atoms with Crippen molar-refractivity contribution >= 4 is 11.9 Å². The first-order valence-electron chi connectivity index (χ1n) is 9.26. The molecule has 2 aromatic rings. The Bertz CT molecular complexity index is 863. The lowest BCUT2D eigenvalue weighted by Crippen LogP contribution is -2.48. The molecule has 4 nitrogen and oxygen atoms in total. The van der Waals surface area contributed by atoms with E-state index >= 15 is 0 Å². The zero-order valence-electron chi connectivity index (χ0n) is 16.1. The Balaban J connectivity index is 1.97. The van der Waals surface area contributed by atoms with Crippen LogP contribution in [0.3, 0.4) is 0 Å². The molecule has 0 radical (unpaired) electrons. The third-order valence-electron chi connectivity index (χ3n) is 5.26. The lowest BCUT2D eigenvalue weighted by molar-refractivity contribution is -0.172. The van der Waals surface area contributed by atoms with Crippen LogP contribution in [0.25, 0.3) is 11.1 Å². The molecule has 1 aliphatic rings. The van der Waals surface area contributed by atoms with Gasteiger partial charge in [0, 0.05) is 5.92 Å². The molecule has 28 heavy (non-hydrogen) atoms. The summed E-state index contributed by atoms with van der Waals surface area (Å²) >= 11 is 0. The number of benzene rings is 2. The summed E-state index contributed by atoms with van der Waals surface area (Å²) in [5.74, 6) is -1.47. The average Bonchev–Trinajstić information content (AvgIpc) is 2.78. The summed E-state index contributed by atoms with van der Waals surface area (Å²) in [4.78, 5) is 25.7. The molecule has 4 heteroatoms. The fraction of sp³-hybridized carbons (Fsp3) is 0.250.